The van der Waals surface area contributed by atoms with Crippen molar-refractivity contribution in [1.82, 2.24) is 14.9 Å². The average Bonchev–Trinajstić information content (AvgIpc) is 3.16. The average molecular weight is 386 g/mol. The molecule has 2 aromatic carbocycles. The van der Waals surface area contributed by atoms with Gasteiger partial charge in [-0.25, -0.2) is 9.97 Å². The summed E-state index contributed by atoms with van der Waals surface area (Å²) in [4.78, 5) is 26.7. The zero-order valence-electron chi connectivity index (χ0n) is 17.2. The molecule has 1 aromatic heterocycles. The second-order valence-corrected chi connectivity index (χ2v) is 7.74. The molecule has 1 aliphatic rings. The Kier molecular flexibility index (Phi) is 5.30. The van der Waals surface area contributed by atoms with Gasteiger partial charge in [-0.15, -0.1) is 0 Å². The molecule has 0 bridgehead atoms. The third-order valence-corrected chi connectivity index (χ3v) is 5.27. The number of amides is 1. The first-order valence-corrected chi connectivity index (χ1v) is 10.1. The summed E-state index contributed by atoms with van der Waals surface area (Å²) in [7, 11) is 0. The van der Waals surface area contributed by atoms with Gasteiger partial charge in [-0.2, -0.15) is 0 Å². The molecule has 1 amide bonds. The number of carbonyl (C=O) groups excluding carboxylic acids is 1. The predicted octanol–water partition coefficient (Wildman–Crippen LogP) is 4.53. The Labute approximate surface area is 172 Å². The zero-order valence-corrected chi connectivity index (χ0v) is 17.2. The van der Waals surface area contributed by atoms with Crippen LogP contribution in [0, 0.1) is 6.92 Å². The Morgan fingerprint density at radius 1 is 1.07 bits per heavy atom. The van der Waals surface area contributed by atoms with Crippen molar-refractivity contribution in [2.75, 3.05) is 11.4 Å². The van der Waals surface area contributed by atoms with Crippen LogP contribution in [0.4, 0.5) is 11.6 Å². The van der Waals surface area contributed by atoms with Crippen molar-refractivity contribution in [3.8, 4) is 0 Å². The van der Waals surface area contributed by atoms with Gasteiger partial charge in [-0.3, -0.25) is 4.79 Å². The number of nitrogens with zero attached hydrogens (tertiary/aromatic N) is 4. The largest absolute Gasteiger partial charge is 0.331 e. The van der Waals surface area contributed by atoms with Crippen molar-refractivity contribution >= 4 is 17.5 Å². The van der Waals surface area contributed by atoms with Crippen molar-refractivity contribution in [3.63, 3.8) is 0 Å². The van der Waals surface area contributed by atoms with Gasteiger partial charge in [0.25, 0.3) is 5.91 Å². The highest BCUT2D eigenvalue weighted by Crippen LogP contribution is 2.32. The summed E-state index contributed by atoms with van der Waals surface area (Å²) < 4.78 is 0. The second-order valence-electron chi connectivity index (χ2n) is 7.74. The standard InChI is InChI=1S/C24H26N4O/c1-17(2)28(16-19-9-5-4-6-10-19)23(29)21-15-18(3)25-24(26-21)27-14-13-20-11-7-8-12-22(20)27/h4-12,15,17H,13-14,16H2,1-3H3. The molecule has 3 aromatic rings. The molecule has 0 atom stereocenters. The van der Waals surface area contributed by atoms with Gasteiger partial charge in [0.05, 0.1) is 0 Å². The summed E-state index contributed by atoms with van der Waals surface area (Å²) in [6, 6.07) is 20.2. The van der Waals surface area contributed by atoms with Gasteiger partial charge in [0.15, 0.2) is 0 Å². The van der Waals surface area contributed by atoms with E-state index in [2.05, 4.69) is 33.1 Å². The molecule has 0 N–H and O–H groups in total. The molecule has 29 heavy (non-hydrogen) atoms. The van der Waals surface area contributed by atoms with Crippen LogP contribution in [0.1, 0.15) is 41.2 Å². The van der Waals surface area contributed by atoms with Crippen LogP contribution in [0.15, 0.2) is 60.7 Å². The monoisotopic (exact) mass is 386 g/mol. The van der Waals surface area contributed by atoms with E-state index in [4.69, 9.17) is 0 Å². The Morgan fingerprint density at radius 3 is 2.55 bits per heavy atom. The van der Waals surface area contributed by atoms with E-state index in [0.717, 1.165) is 29.9 Å². The number of fused-ring (bicyclic) bond motifs is 1. The molecule has 0 fully saturated rings. The highest BCUT2D eigenvalue weighted by Gasteiger charge is 2.25. The van der Waals surface area contributed by atoms with Crippen LogP contribution in [-0.2, 0) is 13.0 Å². The number of para-hydroxylation sites is 1. The maximum Gasteiger partial charge on any atom is 0.273 e. The molecular weight excluding hydrogens is 360 g/mol. The van der Waals surface area contributed by atoms with Crippen LogP contribution < -0.4 is 4.90 Å². The number of benzene rings is 2. The topological polar surface area (TPSA) is 49.3 Å². The van der Waals surface area contributed by atoms with Crippen LogP contribution in [0.3, 0.4) is 0 Å². The van der Waals surface area contributed by atoms with Crippen molar-refractivity contribution in [2.45, 2.75) is 39.8 Å². The Bertz CT molecular complexity index is 1020. The third-order valence-electron chi connectivity index (χ3n) is 5.27. The summed E-state index contributed by atoms with van der Waals surface area (Å²) in [6.45, 7) is 7.37. The lowest BCUT2D eigenvalue weighted by molar-refractivity contribution is 0.0684. The molecule has 0 saturated carbocycles. The van der Waals surface area contributed by atoms with Crippen LogP contribution in [-0.4, -0.2) is 33.4 Å². The molecule has 1 aliphatic heterocycles. The first kappa shape index (κ1) is 19.1. The molecular formula is C24H26N4O. The lowest BCUT2D eigenvalue weighted by Crippen LogP contribution is -2.37. The maximum absolute atomic E-state index is 13.4. The fraction of sp³-hybridized carbons (Fsp3) is 0.292. The van der Waals surface area contributed by atoms with Crippen LogP contribution in [0.2, 0.25) is 0 Å². The maximum atomic E-state index is 13.4. The summed E-state index contributed by atoms with van der Waals surface area (Å²) in [5, 5.41) is 0. The smallest absolute Gasteiger partial charge is 0.273 e. The molecule has 148 valence electrons. The quantitative estimate of drug-likeness (QED) is 0.646. The molecule has 2 heterocycles. The van der Waals surface area contributed by atoms with E-state index in [-0.39, 0.29) is 11.9 Å². The van der Waals surface area contributed by atoms with Crippen molar-refractivity contribution in [3.05, 3.63) is 83.2 Å². The number of carbonyl (C=O) groups is 1. The molecule has 0 radical (unpaired) electrons. The van der Waals surface area contributed by atoms with E-state index in [1.807, 2.05) is 62.1 Å². The van der Waals surface area contributed by atoms with Gasteiger partial charge in [0.2, 0.25) is 5.95 Å². The number of rotatable bonds is 5. The van der Waals surface area contributed by atoms with Crippen LogP contribution in [0.5, 0.6) is 0 Å². The molecule has 5 nitrogen and oxygen atoms in total. The number of anilines is 2. The Morgan fingerprint density at radius 2 is 1.79 bits per heavy atom. The second kappa shape index (κ2) is 8.03. The molecule has 0 spiro atoms. The summed E-state index contributed by atoms with van der Waals surface area (Å²) >= 11 is 0. The Balaban J connectivity index is 1.65. The molecule has 0 unspecified atom stereocenters. The first-order valence-electron chi connectivity index (χ1n) is 10.1. The summed E-state index contributed by atoms with van der Waals surface area (Å²) in [5.74, 6) is 0.532. The minimum absolute atomic E-state index is 0.0638. The molecule has 0 saturated heterocycles. The van der Waals surface area contributed by atoms with E-state index in [1.165, 1.54) is 5.56 Å². The molecule has 0 aliphatic carbocycles. The van der Waals surface area contributed by atoms with Crippen molar-refractivity contribution in [1.29, 1.82) is 0 Å². The fourth-order valence-corrected chi connectivity index (χ4v) is 3.75. The van der Waals surface area contributed by atoms with Crippen molar-refractivity contribution in [2.24, 2.45) is 0 Å². The summed E-state index contributed by atoms with van der Waals surface area (Å²) in [5.41, 5.74) is 4.77. The number of aromatic nitrogens is 2. The fourth-order valence-electron chi connectivity index (χ4n) is 3.75. The van der Waals surface area contributed by atoms with Gasteiger partial charge >= 0.3 is 0 Å². The molecule has 4 rings (SSSR count). The van der Waals surface area contributed by atoms with E-state index in [9.17, 15) is 4.79 Å². The summed E-state index contributed by atoms with van der Waals surface area (Å²) in [6.07, 6.45) is 0.961. The van der Waals surface area contributed by atoms with Gasteiger partial charge in [-0.05, 0) is 50.5 Å². The van der Waals surface area contributed by atoms with E-state index >= 15 is 0 Å². The lowest BCUT2D eigenvalue weighted by atomic mass is 10.1. The van der Waals surface area contributed by atoms with Crippen molar-refractivity contribution < 1.29 is 4.79 Å². The first-order chi connectivity index (χ1) is 14.0. The minimum atomic E-state index is -0.0666. The van der Waals surface area contributed by atoms with Crippen LogP contribution >= 0.6 is 0 Å². The minimum Gasteiger partial charge on any atom is -0.331 e. The van der Waals surface area contributed by atoms with Gasteiger partial charge in [0.1, 0.15) is 5.69 Å². The highest BCUT2D eigenvalue weighted by atomic mass is 16.2. The van der Waals surface area contributed by atoms with Crippen LogP contribution in [0.25, 0.3) is 0 Å². The number of aryl methyl sites for hydroxylation is 1. The van der Waals surface area contributed by atoms with E-state index in [0.29, 0.717) is 18.2 Å². The van der Waals surface area contributed by atoms with Gasteiger partial charge < -0.3 is 9.80 Å². The predicted molar refractivity (Wildman–Crippen MR) is 115 cm³/mol. The van der Waals surface area contributed by atoms with Gasteiger partial charge in [0, 0.05) is 30.5 Å². The number of hydrogen-bond acceptors (Lipinski definition) is 4. The van der Waals surface area contributed by atoms with E-state index < -0.39 is 0 Å². The Hall–Kier alpha value is -3.21. The van der Waals surface area contributed by atoms with Gasteiger partial charge in [-0.1, -0.05) is 48.5 Å². The third kappa shape index (κ3) is 3.99. The lowest BCUT2D eigenvalue weighted by Gasteiger charge is -2.27. The zero-order chi connectivity index (χ0) is 20.4. The van der Waals surface area contributed by atoms with E-state index in [1.54, 1.807) is 6.07 Å². The SMILES string of the molecule is Cc1cc(C(=O)N(Cc2ccccc2)C(C)C)nc(N2CCc3ccccc32)n1. The highest BCUT2D eigenvalue weighted by molar-refractivity contribution is 5.93. The number of hydrogen-bond donors (Lipinski definition) is 0. The normalized spacial score (nSPS) is 12.9. The molecule has 5 heteroatoms.